The summed E-state index contributed by atoms with van der Waals surface area (Å²) < 4.78 is 13.4. The molecule has 0 bridgehead atoms. The predicted molar refractivity (Wildman–Crippen MR) is 72.2 cm³/mol. The Kier molecular flexibility index (Phi) is 3.91. The van der Waals surface area contributed by atoms with Gasteiger partial charge in [-0.05, 0) is 19.1 Å². The molecule has 2 rings (SSSR count). The van der Waals surface area contributed by atoms with E-state index in [1.54, 1.807) is 13.0 Å². The van der Waals surface area contributed by atoms with E-state index in [1.807, 2.05) is 0 Å². The number of anilines is 1. The molecule has 0 aliphatic carbocycles. The van der Waals surface area contributed by atoms with Gasteiger partial charge in [-0.2, -0.15) is 5.10 Å². The summed E-state index contributed by atoms with van der Waals surface area (Å²) >= 11 is 5.83. The summed E-state index contributed by atoms with van der Waals surface area (Å²) in [4.78, 5) is 17.6. The number of hydrazone groups is 1. The fraction of sp³-hybridized carbons (Fsp3) is 0.0833. The maximum atomic E-state index is 13.4. The maximum Gasteiger partial charge on any atom is 0.252 e. The lowest BCUT2D eigenvalue weighted by Gasteiger charge is -2.01. The van der Waals surface area contributed by atoms with Crippen molar-refractivity contribution in [3.63, 3.8) is 0 Å². The third kappa shape index (κ3) is 3.38. The zero-order valence-electron chi connectivity index (χ0n) is 9.95. The summed E-state index contributed by atoms with van der Waals surface area (Å²) in [7, 11) is 0. The van der Waals surface area contributed by atoms with Crippen LogP contribution in [0.25, 0.3) is 0 Å². The van der Waals surface area contributed by atoms with E-state index < -0.39 is 5.82 Å². The van der Waals surface area contributed by atoms with Gasteiger partial charge in [0.05, 0.1) is 11.2 Å². The van der Waals surface area contributed by atoms with Gasteiger partial charge >= 0.3 is 0 Å². The molecule has 0 unspecified atom stereocenters. The molecule has 1 heterocycles. The highest BCUT2D eigenvalue weighted by Crippen LogP contribution is 2.16. The van der Waals surface area contributed by atoms with Crippen LogP contribution in [0.2, 0.25) is 5.02 Å². The fourth-order valence-corrected chi connectivity index (χ4v) is 1.64. The summed E-state index contributed by atoms with van der Waals surface area (Å²) in [6.45, 7) is 1.68. The molecular weight excluding hydrogens is 271 g/mol. The van der Waals surface area contributed by atoms with Crippen molar-refractivity contribution in [3.8, 4) is 0 Å². The normalized spacial score (nSPS) is 10.9. The van der Waals surface area contributed by atoms with Crippen molar-refractivity contribution in [3.05, 3.63) is 56.7 Å². The fourth-order valence-electron chi connectivity index (χ4n) is 1.42. The number of H-pyrrole nitrogens is 1. The van der Waals surface area contributed by atoms with E-state index in [4.69, 9.17) is 11.6 Å². The van der Waals surface area contributed by atoms with E-state index >= 15 is 0 Å². The average Bonchev–Trinajstić information content (AvgIpc) is 2.32. The molecule has 19 heavy (non-hydrogen) atoms. The van der Waals surface area contributed by atoms with E-state index in [0.29, 0.717) is 5.69 Å². The van der Waals surface area contributed by atoms with Crippen LogP contribution in [-0.2, 0) is 0 Å². The second-order valence-electron chi connectivity index (χ2n) is 3.74. The third-order valence-electron chi connectivity index (χ3n) is 2.23. The minimum Gasteiger partial charge on any atom is -0.291 e. The minimum atomic E-state index is -0.483. The Morgan fingerprint density at radius 2 is 2.32 bits per heavy atom. The van der Waals surface area contributed by atoms with Crippen molar-refractivity contribution in [1.29, 1.82) is 0 Å². The molecule has 5 nitrogen and oxygen atoms in total. The first-order valence-corrected chi connectivity index (χ1v) is 5.75. The number of benzene rings is 1. The van der Waals surface area contributed by atoms with Gasteiger partial charge in [0.25, 0.3) is 5.56 Å². The highest BCUT2D eigenvalue weighted by atomic mass is 35.5. The highest BCUT2D eigenvalue weighted by molar-refractivity contribution is 6.33. The molecule has 0 aliphatic rings. The second-order valence-corrected chi connectivity index (χ2v) is 4.15. The Morgan fingerprint density at radius 3 is 3.00 bits per heavy atom. The van der Waals surface area contributed by atoms with E-state index in [2.05, 4.69) is 20.5 Å². The predicted octanol–water partition coefficient (Wildman–Crippen LogP) is 2.32. The van der Waals surface area contributed by atoms with Crippen LogP contribution >= 0.6 is 11.6 Å². The van der Waals surface area contributed by atoms with Gasteiger partial charge in [-0.15, -0.1) is 0 Å². The summed E-state index contributed by atoms with van der Waals surface area (Å²) in [6.07, 6.45) is 1.22. The summed E-state index contributed by atoms with van der Waals surface area (Å²) in [5.74, 6) is -0.308. The van der Waals surface area contributed by atoms with Crippen LogP contribution in [0.4, 0.5) is 10.3 Å². The Balaban J connectivity index is 2.18. The van der Waals surface area contributed by atoms with Crippen molar-refractivity contribution < 1.29 is 4.39 Å². The molecule has 0 saturated heterocycles. The van der Waals surface area contributed by atoms with E-state index in [0.717, 1.165) is 0 Å². The Hall–Kier alpha value is -2.21. The van der Waals surface area contributed by atoms with Crippen LogP contribution in [0.15, 0.2) is 34.2 Å². The van der Waals surface area contributed by atoms with Gasteiger partial charge in [0.15, 0.2) is 0 Å². The van der Waals surface area contributed by atoms with Crippen molar-refractivity contribution in [2.75, 3.05) is 5.43 Å². The zero-order valence-corrected chi connectivity index (χ0v) is 10.7. The quantitative estimate of drug-likeness (QED) is 0.669. The lowest BCUT2D eigenvalue weighted by Crippen LogP contribution is -2.10. The molecule has 0 saturated carbocycles. The SMILES string of the molecule is Cc1cc(=O)[nH]c(NN=Cc2c(F)cccc2Cl)n1. The largest absolute Gasteiger partial charge is 0.291 e. The van der Waals surface area contributed by atoms with Crippen LogP contribution < -0.4 is 11.0 Å². The molecule has 0 atom stereocenters. The molecule has 98 valence electrons. The van der Waals surface area contributed by atoms with Gasteiger partial charge < -0.3 is 0 Å². The topological polar surface area (TPSA) is 70.1 Å². The first kappa shape index (κ1) is 13.2. The number of hydrogen-bond acceptors (Lipinski definition) is 4. The van der Waals surface area contributed by atoms with Crippen LogP contribution in [0.1, 0.15) is 11.3 Å². The van der Waals surface area contributed by atoms with Gasteiger partial charge in [-0.3, -0.25) is 9.78 Å². The molecule has 0 spiro atoms. The molecule has 0 fully saturated rings. The van der Waals surface area contributed by atoms with Gasteiger partial charge in [0.2, 0.25) is 5.95 Å². The summed E-state index contributed by atoms with van der Waals surface area (Å²) in [5, 5.41) is 4.03. The van der Waals surface area contributed by atoms with E-state index in [9.17, 15) is 9.18 Å². The molecule has 7 heteroatoms. The number of nitrogens with zero attached hydrogens (tertiary/aromatic N) is 2. The van der Waals surface area contributed by atoms with Crippen molar-refractivity contribution in [2.45, 2.75) is 6.92 Å². The van der Waals surface area contributed by atoms with Crippen molar-refractivity contribution in [1.82, 2.24) is 9.97 Å². The highest BCUT2D eigenvalue weighted by Gasteiger charge is 2.03. The first-order valence-electron chi connectivity index (χ1n) is 5.37. The molecule has 2 N–H and O–H groups in total. The molecule has 0 aliphatic heterocycles. The number of aromatic nitrogens is 2. The number of aryl methyl sites for hydroxylation is 1. The molecule has 1 aromatic carbocycles. The van der Waals surface area contributed by atoms with Gasteiger partial charge in [0.1, 0.15) is 5.82 Å². The average molecular weight is 281 g/mol. The standard InChI is InChI=1S/C12H10ClFN4O/c1-7-5-11(19)17-12(16-7)18-15-6-8-9(13)3-2-4-10(8)14/h2-6H,1H3,(H2,16,17,18,19). The van der Waals surface area contributed by atoms with Crippen LogP contribution in [0, 0.1) is 12.7 Å². The van der Waals surface area contributed by atoms with Crippen LogP contribution in [0.3, 0.4) is 0 Å². The van der Waals surface area contributed by atoms with Gasteiger partial charge in [0, 0.05) is 17.3 Å². The Bertz CT molecular complexity index is 663. The monoisotopic (exact) mass is 280 g/mol. The van der Waals surface area contributed by atoms with Gasteiger partial charge in [-0.1, -0.05) is 17.7 Å². The molecular formula is C12H10ClFN4O. The first-order chi connectivity index (χ1) is 9.06. The lowest BCUT2D eigenvalue weighted by molar-refractivity contribution is 0.626. The third-order valence-corrected chi connectivity index (χ3v) is 2.56. The van der Waals surface area contributed by atoms with Crippen LogP contribution in [0.5, 0.6) is 0 Å². The maximum absolute atomic E-state index is 13.4. The number of hydrogen-bond donors (Lipinski definition) is 2. The van der Waals surface area contributed by atoms with Crippen LogP contribution in [-0.4, -0.2) is 16.2 Å². The van der Waals surface area contributed by atoms with Crippen molar-refractivity contribution in [2.24, 2.45) is 5.10 Å². The zero-order chi connectivity index (χ0) is 13.8. The minimum absolute atomic E-state index is 0.159. The Morgan fingerprint density at radius 1 is 1.53 bits per heavy atom. The van der Waals surface area contributed by atoms with E-state index in [-0.39, 0.29) is 22.1 Å². The number of aromatic amines is 1. The summed E-state index contributed by atoms with van der Waals surface area (Å²) in [6, 6.07) is 5.68. The lowest BCUT2D eigenvalue weighted by atomic mass is 10.2. The Labute approximate surface area is 113 Å². The number of rotatable bonds is 3. The molecule has 2 aromatic rings. The van der Waals surface area contributed by atoms with Gasteiger partial charge in [-0.25, -0.2) is 14.8 Å². The second kappa shape index (κ2) is 5.62. The van der Waals surface area contributed by atoms with E-state index in [1.165, 1.54) is 24.4 Å². The molecule has 0 radical (unpaired) electrons. The number of nitrogens with one attached hydrogen (secondary N) is 2. The molecule has 0 amide bonds. The number of halogens is 2. The smallest absolute Gasteiger partial charge is 0.252 e. The molecule has 1 aromatic heterocycles. The van der Waals surface area contributed by atoms with Crippen molar-refractivity contribution >= 4 is 23.8 Å². The summed E-state index contributed by atoms with van der Waals surface area (Å²) in [5.41, 5.74) is 2.92.